The number of aliphatic hydroxyl groups excluding tert-OH is 1. The molecular weight excluding hydrogens is 262 g/mol. The fourth-order valence-corrected chi connectivity index (χ4v) is 1.86. The number of carbonyl (C=O) groups excluding carboxylic acids is 1. The number of carbonyl (C=O) groups is 1. The fourth-order valence-electron chi connectivity index (χ4n) is 1.86. The minimum absolute atomic E-state index is 0.139. The average Bonchev–Trinajstić information content (AvgIpc) is 2.87. The topological polar surface area (TPSA) is 93.5 Å². The quantitative estimate of drug-likeness (QED) is 0.762. The van der Waals surface area contributed by atoms with Gasteiger partial charge < -0.3 is 15.2 Å². The van der Waals surface area contributed by atoms with Gasteiger partial charge in [-0.15, -0.1) is 0 Å². The van der Waals surface area contributed by atoms with Crippen LogP contribution in [0.1, 0.15) is 26.0 Å². The third-order valence-electron chi connectivity index (χ3n) is 2.83. The van der Waals surface area contributed by atoms with Crippen molar-refractivity contribution >= 4 is 11.7 Å². The van der Waals surface area contributed by atoms with Crippen molar-refractivity contribution in [3.8, 4) is 0 Å². The zero-order valence-corrected chi connectivity index (χ0v) is 11.2. The molecule has 1 aliphatic rings. The second-order valence-corrected chi connectivity index (χ2v) is 4.43. The Morgan fingerprint density at radius 3 is 2.95 bits per heavy atom. The van der Waals surface area contributed by atoms with Gasteiger partial charge in [-0.2, -0.15) is 4.98 Å². The molecule has 0 spiro atoms. The molecule has 108 valence electrons. The highest BCUT2D eigenvalue weighted by Crippen LogP contribution is 2.19. The largest absolute Gasteiger partial charge is 0.393 e. The zero-order chi connectivity index (χ0) is 14.5. The van der Waals surface area contributed by atoms with Crippen molar-refractivity contribution in [2.45, 2.75) is 32.1 Å². The van der Waals surface area contributed by atoms with Crippen molar-refractivity contribution in [2.75, 3.05) is 11.9 Å². The van der Waals surface area contributed by atoms with Crippen LogP contribution in [0.3, 0.4) is 0 Å². The summed E-state index contributed by atoms with van der Waals surface area (Å²) in [7, 11) is 0. The molecule has 0 aromatic carbocycles. The molecular formula is C13H17N3O4. The molecule has 2 rings (SSSR count). The van der Waals surface area contributed by atoms with Crippen LogP contribution in [-0.2, 0) is 9.53 Å². The summed E-state index contributed by atoms with van der Waals surface area (Å²) >= 11 is 0. The molecule has 2 heterocycles. The first-order valence-corrected chi connectivity index (χ1v) is 6.47. The molecule has 7 nitrogen and oxygen atoms in total. The van der Waals surface area contributed by atoms with Crippen LogP contribution in [0.2, 0.25) is 0 Å². The minimum atomic E-state index is -0.576. The maximum Gasteiger partial charge on any atom is 0.351 e. The highest BCUT2D eigenvalue weighted by molar-refractivity contribution is 5.89. The van der Waals surface area contributed by atoms with Gasteiger partial charge in [0.1, 0.15) is 11.9 Å². The van der Waals surface area contributed by atoms with Gasteiger partial charge in [0.25, 0.3) is 0 Å². The number of aliphatic hydroxyl groups is 1. The lowest BCUT2D eigenvalue weighted by atomic mass is 10.3. The molecule has 1 aromatic heterocycles. The Labute approximate surface area is 115 Å². The van der Waals surface area contributed by atoms with Crippen molar-refractivity contribution < 1.29 is 14.6 Å². The zero-order valence-electron chi connectivity index (χ0n) is 11.2. The number of nitrogens with one attached hydrogen (secondary N) is 1. The van der Waals surface area contributed by atoms with Crippen LogP contribution in [0.5, 0.6) is 0 Å². The molecule has 2 atom stereocenters. The first-order valence-electron chi connectivity index (χ1n) is 6.47. The van der Waals surface area contributed by atoms with E-state index in [2.05, 4.69) is 10.3 Å². The van der Waals surface area contributed by atoms with Crippen LogP contribution in [0.25, 0.3) is 0 Å². The lowest BCUT2D eigenvalue weighted by Gasteiger charge is -2.14. The van der Waals surface area contributed by atoms with Gasteiger partial charge in [-0.3, -0.25) is 9.36 Å². The molecule has 0 radical (unpaired) electrons. The smallest absolute Gasteiger partial charge is 0.351 e. The first-order chi connectivity index (χ1) is 9.63. The summed E-state index contributed by atoms with van der Waals surface area (Å²) in [5, 5.41) is 11.5. The summed E-state index contributed by atoms with van der Waals surface area (Å²) in [5.41, 5.74) is -0.521. The Kier molecular flexibility index (Phi) is 4.65. The number of rotatable bonds is 5. The molecule has 20 heavy (non-hydrogen) atoms. The standard InChI is InChI=1S/C13H17N3O4/c1-2-3-11(18)14-10-6-7-16(13(19)15-10)12-5-4-9(8-17)20-12/h4-7,9,12,17H,2-3,8H2,1H3,(H,14,15,18,19)/t9-,12+/m0/s1. The van der Waals surface area contributed by atoms with E-state index in [0.717, 1.165) is 6.42 Å². The molecule has 0 aliphatic carbocycles. The normalized spacial score (nSPS) is 21.1. The van der Waals surface area contributed by atoms with Crippen molar-refractivity contribution in [1.82, 2.24) is 9.55 Å². The Bertz CT molecular complexity index is 567. The number of hydrogen-bond donors (Lipinski definition) is 2. The molecule has 1 aliphatic heterocycles. The lowest BCUT2D eigenvalue weighted by molar-refractivity contribution is -0.116. The van der Waals surface area contributed by atoms with Crippen molar-refractivity contribution in [3.05, 3.63) is 34.9 Å². The number of anilines is 1. The van der Waals surface area contributed by atoms with E-state index in [-0.39, 0.29) is 18.3 Å². The molecule has 1 aromatic rings. The summed E-state index contributed by atoms with van der Waals surface area (Å²) in [6.45, 7) is 1.76. The molecule has 2 N–H and O–H groups in total. The van der Waals surface area contributed by atoms with E-state index < -0.39 is 18.0 Å². The highest BCUT2D eigenvalue weighted by atomic mass is 16.5. The second-order valence-electron chi connectivity index (χ2n) is 4.43. The van der Waals surface area contributed by atoms with Crippen LogP contribution in [0.15, 0.2) is 29.2 Å². The van der Waals surface area contributed by atoms with E-state index in [1.807, 2.05) is 6.92 Å². The van der Waals surface area contributed by atoms with E-state index in [1.165, 1.54) is 10.8 Å². The summed E-state index contributed by atoms with van der Waals surface area (Å²) in [4.78, 5) is 27.1. The van der Waals surface area contributed by atoms with Gasteiger partial charge >= 0.3 is 5.69 Å². The predicted molar refractivity (Wildman–Crippen MR) is 72.2 cm³/mol. The van der Waals surface area contributed by atoms with Crippen molar-refractivity contribution in [3.63, 3.8) is 0 Å². The van der Waals surface area contributed by atoms with Crippen LogP contribution in [-0.4, -0.2) is 33.3 Å². The molecule has 0 fully saturated rings. The molecule has 0 saturated heterocycles. The van der Waals surface area contributed by atoms with Gasteiger partial charge in [0.2, 0.25) is 5.91 Å². The van der Waals surface area contributed by atoms with Crippen molar-refractivity contribution in [2.24, 2.45) is 0 Å². The van der Waals surface area contributed by atoms with E-state index in [4.69, 9.17) is 9.84 Å². The average molecular weight is 279 g/mol. The lowest BCUT2D eigenvalue weighted by Crippen LogP contribution is -2.28. The predicted octanol–water partition coefficient (Wildman–Crippen LogP) is 0.428. The first kappa shape index (κ1) is 14.4. The fraction of sp³-hybridized carbons (Fsp3) is 0.462. The van der Waals surface area contributed by atoms with Crippen LogP contribution in [0.4, 0.5) is 5.82 Å². The SMILES string of the molecule is CCCC(=O)Nc1ccn([C@H]2C=C[C@@H](CO)O2)c(=O)n1. The van der Waals surface area contributed by atoms with Gasteiger partial charge in [-0.1, -0.05) is 13.0 Å². The summed E-state index contributed by atoms with van der Waals surface area (Å²) in [5.74, 6) is 0.0555. The van der Waals surface area contributed by atoms with Gasteiger partial charge in [-0.05, 0) is 18.6 Å². The molecule has 0 unspecified atom stereocenters. The number of aromatic nitrogens is 2. The third kappa shape index (κ3) is 3.31. The molecule has 1 amide bonds. The molecule has 0 saturated carbocycles. The summed E-state index contributed by atoms with van der Waals surface area (Å²) in [6, 6.07) is 1.54. The number of hydrogen-bond acceptors (Lipinski definition) is 5. The maximum atomic E-state index is 11.9. The Hall–Kier alpha value is -1.99. The number of amides is 1. The highest BCUT2D eigenvalue weighted by Gasteiger charge is 2.21. The Morgan fingerprint density at radius 1 is 1.55 bits per heavy atom. The van der Waals surface area contributed by atoms with E-state index in [1.54, 1.807) is 18.2 Å². The monoisotopic (exact) mass is 279 g/mol. The molecule has 0 bridgehead atoms. The van der Waals surface area contributed by atoms with Crippen LogP contribution >= 0.6 is 0 Å². The number of nitrogens with zero attached hydrogens (tertiary/aromatic N) is 2. The second kappa shape index (κ2) is 6.44. The van der Waals surface area contributed by atoms with E-state index >= 15 is 0 Å². The summed E-state index contributed by atoms with van der Waals surface area (Å²) < 4.78 is 6.70. The van der Waals surface area contributed by atoms with Crippen LogP contribution < -0.4 is 11.0 Å². The third-order valence-corrected chi connectivity index (χ3v) is 2.83. The molecule has 7 heteroatoms. The van der Waals surface area contributed by atoms with E-state index in [9.17, 15) is 9.59 Å². The van der Waals surface area contributed by atoms with Gasteiger partial charge in [-0.25, -0.2) is 4.79 Å². The maximum absolute atomic E-state index is 11.9. The summed E-state index contributed by atoms with van der Waals surface area (Å²) in [6.07, 6.45) is 5.01. The Balaban J connectivity index is 2.09. The van der Waals surface area contributed by atoms with Crippen LogP contribution in [0, 0.1) is 0 Å². The van der Waals surface area contributed by atoms with Gasteiger partial charge in [0.15, 0.2) is 6.23 Å². The van der Waals surface area contributed by atoms with Gasteiger partial charge in [0.05, 0.1) is 6.61 Å². The van der Waals surface area contributed by atoms with Crippen molar-refractivity contribution in [1.29, 1.82) is 0 Å². The number of ether oxygens (including phenoxy) is 1. The van der Waals surface area contributed by atoms with E-state index in [0.29, 0.717) is 6.42 Å². The Morgan fingerprint density at radius 2 is 2.35 bits per heavy atom. The van der Waals surface area contributed by atoms with Gasteiger partial charge in [0, 0.05) is 12.6 Å². The minimum Gasteiger partial charge on any atom is -0.393 e.